The van der Waals surface area contributed by atoms with Crippen LogP contribution in [0.25, 0.3) is 50.5 Å². The zero-order chi connectivity index (χ0) is 37.6. The van der Waals surface area contributed by atoms with Crippen LogP contribution in [0.1, 0.15) is 113 Å². The Kier molecular flexibility index (Phi) is 9.98. The highest BCUT2D eigenvalue weighted by Gasteiger charge is 2.30. The van der Waals surface area contributed by atoms with Gasteiger partial charge in [-0.3, -0.25) is 0 Å². The zero-order valence-electron chi connectivity index (χ0n) is 33.3. The van der Waals surface area contributed by atoms with Crippen molar-refractivity contribution in [2.45, 2.75) is 98.8 Å². The molecular weight excluding hydrogens is 645 g/mol. The third-order valence-electron chi connectivity index (χ3n) is 12.0. The van der Waals surface area contributed by atoms with E-state index in [1.54, 1.807) is 0 Å². The number of aromatic hydroxyl groups is 1. The average Bonchev–Trinajstić information content (AvgIpc) is 3.51. The van der Waals surface area contributed by atoms with Gasteiger partial charge in [-0.2, -0.15) is 4.57 Å². The van der Waals surface area contributed by atoms with Gasteiger partial charge < -0.3 is 5.11 Å². The molecule has 0 atom stereocenters. The Labute approximate surface area is 318 Å². The van der Waals surface area contributed by atoms with E-state index in [9.17, 15) is 5.11 Å². The normalized spacial score (nSPS) is 14.7. The summed E-state index contributed by atoms with van der Waals surface area (Å²) in [5.74, 6) is 2.88. The fourth-order valence-corrected chi connectivity index (χ4v) is 8.70. The molecule has 53 heavy (non-hydrogen) atoms. The first kappa shape index (κ1) is 36.5. The van der Waals surface area contributed by atoms with E-state index in [4.69, 9.17) is 0 Å². The molecule has 3 heteroatoms. The summed E-state index contributed by atoms with van der Waals surface area (Å²) in [6, 6.07) is 35.2. The van der Waals surface area contributed by atoms with Gasteiger partial charge in [-0.05, 0) is 113 Å². The predicted octanol–water partition coefficient (Wildman–Crippen LogP) is 13.2. The maximum absolute atomic E-state index is 11.6. The van der Waals surface area contributed by atoms with E-state index in [1.165, 1.54) is 70.3 Å². The maximum atomic E-state index is 11.6. The third kappa shape index (κ3) is 7.11. The summed E-state index contributed by atoms with van der Waals surface area (Å²) in [6.07, 6.45) is 9.56. The standard InChI is InChI=1S/C50H56N2O/c1-32(2)42-11-10-12-43(33(3)4)48(42)52-30-29-51(9)49(52)47-34(5)13-23-44(35(47)6)45-24-22-41(31-46(45)53)39-20-18-37(19-21-39)36-14-16-38(17-15-36)40-25-27-50(7,8)28-26-40/h10-24,29-33,40H,25-28H2,1-9H3/p+1. The third-order valence-corrected chi connectivity index (χ3v) is 12.0. The Morgan fingerprint density at radius 1 is 0.698 bits per heavy atom. The lowest BCUT2D eigenvalue weighted by Crippen LogP contribution is -2.30. The van der Waals surface area contributed by atoms with E-state index in [2.05, 4.69) is 175 Å². The minimum Gasteiger partial charge on any atom is -0.507 e. The molecule has 272 valence electrons. The van der Waals surface area contributed by atoms with Crippen molar-refractivity contribution in [1.82, 2.24) is 4.57 Å². The van der Waals surface area contributed by atoms with E-state index in [0.717, 1.165) is 33.6 Å². The van der Waals surface area contributed by atoms with E-state index < -0.39 is 0 Å². The van der Waals surface area contributed by atoms with Gasteiger partial charge >= 0.3 is 0 Å². The zero-order valence-corrected chi connectivity index (χ0v) is 33.3. The summed E-state index contributed by atoms with van der Waals surface area (Å²) in [5.41, 5.74) is 15.9. The number of aryl methyl sites for hydroxylation is 2. The Morgan fingerprint density at radius 3 is 1.79 bits per heavy atom. The first-order valence-electron chi connectivity index (χ1n) is 19.7. The Balaban J connectivity index is 1.18. The molecule has 0 unspecified atom stereocenters. The van der Waals surface area contributed by atoms with E-state index >= 15 is 0 Å². The van der Waals surface area contributed by atoms with Crippen LogP contribution in [0.2, 0.25) is 0 Å². The van der Waals surface area contributed by atoms with Crippen LogP contribution < -0.4 is 4.57 Å². The summed E-state index contributed by atoms with van der Waals surface area (Å²) in [7, 11) is 2.13. The predicted molar refractivity (Wildman–Crippen MR) is 223 cm³/mol. The van der Waals surface area contributed by atoms with Gasteiger partial charge in [-0.25, -0.2) is 4.57 Å². The number of benzene rings is 5. The minimum absolute atomic E-state index is 0.290. The van der Waals surface area contributed by atoms with Crippen LogP contribution in [0, 0.1) is 19.3 Å². The van der Waals surface area contributed by atoms with Crippen LogP contribution in [0.5, 0.6) is 5.75 Å². The van der Waals surface area contributed by atoms with Gasteiger partial charge in [0, 0.05) is 16.7 Å². The SMILES string of the molecule is Cc1ccc(-c2ccc(-c3ccc(-c4ccc(C5CCC(C)(C)CC5)cc4)cc3)cc2O)c(C)c1-c1n(-c2c(C(C)C)cccc2C(C)C)cc[n+]1C. The molecule has 0 saturated heterocycles. The fraction of sp³-hybridized carbons (Fsp3) is 0.340. The highest BCUT2D eigenvalue weighted by molar-refractivity contribution is 5.83. The molecule has 7 rings (SSSR count). The van der Waals surface area contributed by atoms with Crippen LogP contribution in [0.15, 0.2) is 109 Å². The van der Waals surface area contributed by atoms with Crippen molar-refractivity contribution < 1.29 is 9.67 Å². The maximum Gasteiger partial charge on any atom is 0.294 e. The van der Waals surface area contributed by atoms with Gasteiger partial charge in [0.05, 0.1) is 12.6 Å². The molecule has 5 aromatic carbocycles. The summed E-state index contributed by atoms with van der Waals surface area (Å²) in [5, 5.41) is 11.6. The van der Waals surface area contributed by atoms with Crippen LogP contribution in [-0.4, -0.2) is 9.67 Å². The molecule has 1 heterocycles. The van der Waals surface area contributed by atoms with Crippen LogP contribution in [0.3, 0.4) is 0 Å². The molecule has 3 nitrogen and oxygen atoms in total. The number of aromatic nitrogens is 2. The molecule has 0 spiro atoms. The number of phenolic OH excluding ortho intramolecular Hbond substituents is 1. The number of imidazole rings is 1. The molecule has 1 aliphatic carbocycles. The molecule has 0 radical (unpaired) electrons. The molecule has 0 aliphatic heterocycles. The van der Waals surface area contributed by atoms with Crippen molar-refractivity contribution in [1.29, 1.82) is 0 Å². The summed E-state index contributed by atoms with van der Waals surface area (Å²) in [4.78, 5) is 0. The second kappa shape index (κ2) is 14.5. The summed E-state index contributed by atoms with van der Waals surface area (Å²) < 4.78 is 4.63. The molecule has 1 N–H and O–H groups in total. The number of nitrogens with zero attached hydrogens (tertiary/aromatic N) is 2. The van der Waals surface area contributed by atoms with Gasteiger partial charge in [0.15, 0.2) is 0 Å². The highest BCUT2D eigenvalue weighted by Crippen LogP contribution is 2.44. The van der Waals surface area contributed by atoms with Crippen molar-refractivity contribution in [2.24, 2.45) is 12.5 Å². The van der Waals surface area contributed by atoms with E-state index in [1.807, 2.05) is 6.07 Å². The molecule has 0 bridgehead atoms. The van der Waals surface area contributed by atoms with Gasteiger partial charge in [0.1, 0.15) is 23.8 Å². The Bertz CT molecular complexity index is 2210. The molecule has 1 saturated carbocycles. The van der Waals surface area contributed by atoms with Gasteiger partial charge in [0.2, 0.25) is 0 Å². The largest absolute Gasteiger partial charge is 0.507 e. The second-order valence-corrected chi connectivity index (χ2v) is 17.0. The topological polar surface area (TPSA) is 29.0 Å². The number of phenols is 1. The number of para-hydroxylation sites is 1. The van der Waals surface area contributed by atoms with Gasteiger partial charge in [-0.15, -0.1) is 0 Å². The lowest BCUT2D eigenvalue weighted by molar-refractivity contribution is -0.659. The van der Waals surface area contributed by atoms with Gasteiger partial charge in [0.25, 0.3) is 5.82 Å². The first-order chi connectivity index (χ1) is 25.3. The molecule has 1 aliphatic rings. The number of rotatable bonds is 8. The van der Waals surface area contributed by atoms with Crippen molar-refractivity contribution in [3.63, 3.8) is 0 Å². The Hall–Kier alpha value is -4.89. The van der Waals surface area contributed by atoms with Crippen LogP contribution in [-0.2, 0) is 7.05 Å². The van der Waals surface area contributed by atoms with E-state index in [-0.39, 0.29) is 5.75 Å². The fourth-order valence-electron chi connectivity index (χ4n) is 8.70. The number of hydrogen-bond donors (Lipinski definition) is 1. The first-order valence-corrected chi connectivity index (χ1v) is 19.7. The molecule has 1 fully saturated rings. The lowest BCUT2D eigenvalue weighted by Gasteiger charge is -2.34. The van der Waals surface area contributed by atoms with Crippen molar-refractivity contribution >= 4 is 0 Å². The summed E-state index contributed by atoms with van der Waals surface area (Å²) in [6.45, 7) is 18.3. The average molecular weight is 702 g/mol. The number of hydrogen-bond acceptors (Lipinski definition) is 1. The Morgan fingerprint density at radius 2 is 1.23 bits per heavy atom. The quantitative estimate of drug-likeness (QED) is 0.157. The highest BCUT2D eigenvalue weighted by atomic mass is 16.3. The minimum atomic E-state index is 0.290. The molecular formula is C50H57N2O+. The van der Waals surface area contributed by atoms with Crippen molar-refractivity contribution in [3.8, 4) is 56.2 Å². The molecule has 6 aromatic rings. The van der Waals surface area contributed by atoms with Crippen LogP contribution in [0.4, 0.5) is 0 Å². The lowest BCUT2D eigenvalue weighted by atomic mass is 9.71. The van der Waals surface area contributed by atoms with Crippen molar-refractivity contribution in [2.75, 3.05) is 0 Å². The van der Waals surface area contributed by atoms with Crippen molar-refractivity contribution in [3.05, 3.63) is 137 Å². The van der Waals surface area contributed by atoms with E-state index in [0.29, 0.717) is 23.2 Å². The molecule has 1 aromatic heterocycles. The smallest absolute Gasteiger partial charge is 0.294 e. The van der Waals surface area contributed by atoms with Crippen LogP contribution >= 0.6 is 0 Å². The second-order valence-electron chi connectivity index (χ2n) is 17.0. The summed E-state index contributed by atoms with van der Waals surface area (Å²) >= 11 is 0. The monoisotopic (exact) mass is 701 g/mol. The van der Waals surface area contributed by atoms with Gasteiger partial charge in [-0.1, -0.05) is 133 Å². The molecule has 0 amide bonds.